The van der Waals surface area contributed by atoms with Crippen LogP contribution in [0.2, 0.25) is 5.02 Å². The molecule has 0 unspecified atom stereocenters. The number of benzene rings is 2. The highest BCUT2D eigenvalue weighted by Crippen LogP contribution is 2.14. The lowest BCUT2D eigenvalue weighted by Crippen LogP contribution is -2.34. The number of carbonyl (C=O) groups excluding carboxylic acids is 1. The van der Waals surface area contributed by atoms with Crippen LogP contribution < -0.4 is 10.0 Å². The average molecular weight is 357 g/mol. The molecule has 2 N–H and O–H groups in total. The lowest BCUT2D eigenvalue weighted by molar-refractivity contribution is 0.0954. The number of hydrogen-bond acceptors (Lipinski definition) is 3. The Labute approximate surface area is 138 Å². The molecule has 0 aromatic heterocycles. The molecule has 2 rings (SSSR count). The van der Waals surface area contributed by atoms with E-state index in [-0.39, 0.29) is 18.0 Å². The van der Waals surface area contributed by atoms with Gasteiger partial charge in [0.2, 0.25) is 10.0 Å². The maximum atomic E-state index is 12.8. The first-order chi connectivity index (χ1) is 10.9. The maximum absolute atomic E-state index is 12.8. The second kappa shape index (κ2) is 7.54. The van der Waals surface area contributed by atoms with Gasteiger partial charge in [-0.3, -0.25) is 4.79 Å². The zero-order valence-electron chi connectivity index (χ0n) is 11.9. The van der Waals surface area contributed by atoms with E-state index < -0.39 is 21.7 Å². The van der Waals surface area contributed by atoms with Crippen molar-refractivity contribution >= 4 is 27.5 Å². The van der Waals surface area contributed by atoms with Crippen LogP contribution in [0, 0.1) is 5.82 Å². The molecule has 23 heavy (non-hydrogen) atoms. The number of hydrogen-bond donors (Lipinski definition) is 2. The van der Waals surface area contributed by atoms with Gasteiger partial charge in [0.15, 0.2) is 0 Å². The Bertz CT molecular complexity index is 795. The van der Waals surface area contributed by atoms with E-state index in [0.717, 1.165) is 0 Å². The zero-order valence-corrected chi connectivity index (χ0v) is 13.5. The summed E-state index contributed by atoms with van der Waals surface area (Å²) >= 11 is 5.76. The maximum Gasteiger partial charge on any atom is 0.251 e. The number of sulfonamides is 1. The second-order valence-electron chi connectivity index (χ2n) is 4.62. The van der Waals surface area contributed by atoms with Gasteiger partial charge in [-0.2, -0.15) is 0 Å². The van der Waals surface area contributed by atoms with Gasteiger partial charge in [-0.15, -0.1) is 0 Å². The molecule has 1 amide bonds. The van der Waals surface area contributed by atoms with Crippen molar-refractivity contribution in [1.29, 1.82) is 0 Å². The third-order valence-electron chi connectivity index (χ3n) is 2.92. The molecule has 0 aliphatic heterocycles. The normalized spacial score (nSPS) is 11.2. The summed E-state index contributed by atoms with van der Waals surface area (Å²) in [5.74, 6) is -0.845. The summed E-state index contributed by atoms with van der Waals surface area (Å²) in [6, 6.07) is 10.9. The highest BCUT2D eigenvalue weighted by Gasteiger charge is 2.13. The smallest absolute Gasteiger partial charge is 0.251 e. The topological polar surface area (TPSA) is 75.3 Å². The van der Waals surface area contributed by atoms with Crippen molar-refractivity contribution in [2.45, 2.75) is 4.90 Å². The molecule has 0 spiro atoms. The molecule has 5 nitrogen and oxygen atoms in total. The van der Waals surface area contributed by atoms with Gasteiger partial charge in [0.1, 0.15) is 5.82 Å². The first-order valence-electron chi connectivity index (χ1n) is 6.67. The highest BCUT2D eigenvalue weighted by atomic mass is 35.5. The molecule has 8 heteroatoms. The van der Waals surface area contributed by atoms with E-state index in [1.54, 1.807) is 6.07 Å². The first-order valence-corrected chi connectivity index (χ1v) is 8.53. The largest absolute Gasteiger partial charge is 0.351 e. The molecule has 0 bridgehead atoms. The van der Waals surface area contributed by atoms with E-state index in [0.29, 0.717) is 10.6 Å². The second-order valence-corrected chi connectivity index (χ2v) is 6.82. The van der Waals surface area contributed by atoms with Crippen LogP contribution in [-0.2, 0) is 10.0 Å². The third-order valence-corrected chi connectivity index (χ3v) is 4.61. The predicted molar refractivity (Wildman–Crippen MR) is 85.4 cm³/mol. The Morgan fingerprint density at radius 1 is 1.09 bits per heavy atom. The minimum atomic E-state index is -3.69. The SMILES string of the molecule is O=C(NCCNS(=O)(=O)c1cccc(Cl)c1)c1ccc(F)cc1. The van der Waals surface area contributed by atoms with Crippen molar-refractivity contribution in [3.8, 4) is 0 Å². The Balaban J connectivity index is 1.85. The van der Waals surface area contributed by atoms with E-state index in [4.69, 9.17) is 11.6 Å². The van der Waals surface area contributed by atoms with E-state index in [9.17, 15) is 17.6 Å². The van der Waals surface area contributed by atoms with Crippen molar-refractivity contribution < 1.29 is 17.6 Å². The summed E-state index contributed by atoms with van der Waals surface area (Å²) in [5, 5.41) is 2.86. The molecule has 122 valence electrons. The molecule has 0 saturated carbocycles. The van der Waals surface area contributed by atoms with E-state index >= 15 is 0 Å². The van der Waals surface area contributed by atoms with Crippen LogP contribution in [-0.4, -0.2) is 27.4 Å². The average Bonchev–Trinajstić information content (AvgIpc) is 2.52. The van der Waals surface area contributed by atoms with Crippen molar-refractivity contribution in [1.82, 2.24) is 10.0 Å². The fourth-order valence-electron chi connectivity index (χ4n) is 1.78. The molecule has 2 aromatic carbocycles. The molecule has 0 radical (unpaired) electrons. The summed E-state index contributed by atoms with van der Waals surface area (Å²) < 4.78 is 39.1. The summed E-state index contributed by atoms with van der Waals surface area (Å²) in [6.07, 6.45) is 0. The molecular formula is C15H14ClFN2O3S. The Morgan fingerprint density at radius 3 is 2.43 bits per heavy atom. The Morgan fingerprint density at radius 2 is 1.78 bits per heavy atom. The third kappa shape index (κ3) is 5.02. The van der Waals surface area contributed by atoms with Crippen LogP contribution in [0.5, 0.6) is 0 Å². The standard InChI is InChI=1S/C15H14ClFN2O3S/c16-12-2-1-3-14(10-12)23(21,22)19-9-8-18-15(20)11-4-6-13(17)7-5-11/h1-7,10,19H,8-9H2,(H,18,20). The summed E-state index contributed by atoms with van der Waals surface area (Å²) in [6.45, 7) is 0.109. The molecular weight excluding hydrogens is 343 g/mol. The number of nitrogens with one attached hydrogen (secondary N) is 2. The molecule has 0 heterocycles. The Hall–Kier alpha value is -1.96. The molecule has 0 fully saturated rings. The van der Waals surface area contributed by atoms with Gasteiger partial charge >= 0.3 is 0 Å². The fraction of sp³-hybridized carbons (Fsp3) is 0.133. The quantitative estimate of drug-likeness (QED) is 0.779. The van der Waals surface area contributed by atoms with Gasteiger partial charge in [-0.05, 0) is 42.5 Å². The van der Waals surface area contributed by atoms with E-state index in [1.807, 2.05) is 0 Å². The molecule has 0 aliphatic rings. The van der Waals surface area contributed by atoms with E-state index in [2.05, 4.69) is 10.0 Å². The van der Waals surface area contributed by atoms with Crippen LogP contribution in [0.4, 0.5) is 4.39 Å². The van der Waals surface area contributed by atoms with Gasteiger partial charge in [0, 0.05) is 23.7 Å². The first kappa shape index (κ1) is 17.4. The van der Waals surface area contributed by atoms with Gasteiger partial charge in [0.05, 0.1) is 4.90 Å². The monoisotopic (exact) mass is 356 g/mol. The van der Waals surface area contributed by atoms with Crippen molar-refractivity contribution in [2.75, 3.05) is 13.1 Å². The Kier molecular flexibility index (Phi) is 5.70. The number of carbonyl (C=O) groups is 1. The van der Waals surface area contributed by atoms with Crippen LogP contribution in [0.3, 0.4) is 0 Å². The summed E-state index contributed by atoms with van der Waals surface area (Å²) in [7, 11) is -3.69. The lowest BCUT2D eigenvalue weighted by atomic mass is 10.2. The van der Waals surface area contributed by atoms with Crippen molar-refractivity contribution in [2.24, 2.45) is 0 Å². The summed E-state index contributed by atoms with van der Waals surface area (Å²) in [4.78, 5) is 11.8. The van der Waals surface area contributed by atoms with Gasteiger partial charge in [-0.25, -0.2) is 17.5 Å². The lowest BCUT2D eigenvalue weighted by Gasteiger charge is -2.08. The molecule has 0 atom stereocenters. The predicted octanol–water partition coefficient (Wildman–Crippen LogP) is 2.19. The van der Waals surface area contributed by atoms with Crippen LogP contribution in [0.25, 0.3) is 0 Å². The number of rotatable bonds is 6. The van der Waals surface area contributed by atoms with Crippen molar-refractivity contribution in [3.05, 3.63) is 64.9 Å². The van der Waals surface area contributed by atoms with Gasteiger partial charge in [0.25, 0.3) is 5.91 Å². The van der Waals surface area contributed by atoms with Crippen LogP contribution in [0.15, 0.2) is 53.4 Å². The number of amides is 1. The molecule has 0 aliphatic carbocycles. The highest BCUT2D eigenvalue weighted by molar-refractivity contribution is 7.89. The van der Waals surface area contributed by atoms with Gasteiger partial charge in [-0.1, -0.05) is 17.7 Å². The summed E-state index contributed by atoms with van der Waals surface area (Å²) in [5.41, 5.74) is 0.295. The molecule has 2 aromatic rings. The van der Waals surface area contributed by atoms with Crippen molar-refractivity contribution in [3.63, 3.8) is 0 Å². The van der Waals surface area contributed by atoms with Crippen LogP contribution in [0.1, 0.15) is 10.4 Å². The zero-order chi connectivity index (χ0) is 16.9. The van der Waals surface area contributed by atoms with Gasteiger partial charge < -0.3 is 5.32 Å². The van der Waals surface area contributed by atoms with E-state index in [1.165, 1.54) is 42.5 Å². The van der Waals surface area contributed by atoms with Crippen LogP contribution >= 0.6 is 11.6 Å². The minimum absolute atomic E-state index is 0.0157. The fourth-order valence-corrected chi connectivity index (χ4v) is 3.11. The molecule has 0 saturated heterocycles. The number of halogens is 2. The minimum Gasteiger partial charge on any atom is -0.351 e.